The van der Waals surface area contributed by atoms with Crippen LogP contribution in [0.5, 0.6) is 0 Å². The van der Waals surface area contributed by atoms with Gasteiger partial charge in [0.05, 0.1) is 0 Å². The highest BCUT2D eigenvalue weighted by atomic mass is 32.2. The van der Waals surface area contributed by atoms with Gasteiger partial charge in [-0.1, -0.05) is 55.4 Å². The lowest BCUT2D eigenvalue weighted by Gasteiger charge is -2.34. The van der Waals surface area contributed by atoms with E-state index in [4.69, 9.17) is 0 Å². The summed E-state index contributed by atoms with van der Waals surface area (Å²) in [6.07, 6.45) is 0. The molecule has 0 aliphatic carbocycles. The maximum Gasteiger partial charge on any atom is 0.00701 e. The summed E-state index contributed by atoms with van der Waals surface area (Å²) in [6, 6.07) is 0. The monoisotopic (exact) mass is 202 g/mol. The highest BCUT2D eigenvalue weighted by Crippen LogP contribution is 2.38. The summed E-state index contributed by atoms with van der Waals surface area (Å²) in [5, 5.41) is 1.45. The summed E-state index contributed by atoms with van der Waals surface area (Å²) in [6.45, 7) is 18.6. The molecule has 0 amide bonds. The van der Waals surface area contributed by atoms with E-state index in [1.54, 1.807) is 0 Å². The Morgan fingerprint density at radius 3 is 1.08 bits per heavy atom. The Morgan fingerprint density at radius 2 is 0.923 bits per heavy atom. The molecule has 13 heavy (non-hydrogen) atoms. The van der Waals surface area contributed by atoms with E-state index in [0.29, 0.717) is 10.8 Å². The Balaban J connectivity index is 4.15. The summed E-state index contributed by atoms with van der Waals surface area (Å²) in [7, 11) is 0. The van der Waals surface area contributed by atoms with Gasteiger partial charge in [0.1, 0.15) is 0 Å². The van der Waals surface area contributed by atoms with Crippen molar-refractivity contribution in [1.82, 2.24) is 0 Å². The van der Waals surface area contributed by atoms with Crippen LogP contribution in [-0.4, -0.2) is 10.5 Å². The molecule has 0 aromatic heterocycles. The fourth-order valence-electron chi connectivity index (χ4n) is 0.714. The fraction of sp³-hybridized carbons (Fsp3) is 1.00. The summed E-state index contributed by atoms with van der Waals surface area (Å²) in [5.41, 5.74) is 0.842. The highest BCUT2D eigenvalue weighted by Gasteiger charge is 2.27. The molecule has 0 fully saturated rings. The van der Waals surface area contributed by atoms with Crippen LogP contribution in [0, 0.1) is 10.8 Å². The second kappa shape index (κ2) is 4.25. The van der Waals surface area contributed by atoms with Gasteiger partial charge in [0, 0.05) is 10.5 Å². The van der Waals surface area contributed by atoms with Gasteiger partial charge in [-0.3, -0.25) is 0 Å². The van der Waals surface area contributed by atoms with Gasteiger partial charge in [0.15, 0.2) is 0 Å². The maximum absolute atomic E-state index is 2.34. The molecule has 0 saturated heterocycles. The van der Waals surface area contributed by atoms with Gasteiger partial charge in [-0.2, -0.15) is 11.8 Å². The molecule has 0 nitrogen and oxygen atoms in total. The molecule has 1 heteroatoms. The predicted molar refractivity (Wildman–Crippen MR) is 65.4 cm³/mol. The Morgan fingerprint density at radius 1 is 0.692 bits per heavy atom. The Labute approximate surface area is 88.9 Å². The second-order valence-electron chi connectivity index (χ2n) is 6.15. The van der Waals surface area contributed by atoms with Gasteiger partial charge in [0.2, 0.25) is 0 Å². The average Bonchev–Trinajstić information content (AvgIpc) is 1.82. The largest absolute Gasteiger partial charge is 0.155 e. The first kappa shape index (κ1) is 13.4. The normalized spacial score (nSPS) is 18.5. The standard InChI is InChI=1S/C12H26S/c1-9(11(3,4)5)13-10(2)12(6,7)8/h9-10H,1-8H3. The van der Waals surface area contributed by atoms with Crippen molar-refractivity contribution in [2.75, 3.05) is 0 Å². The van der Waals surface area contributed by atoms with Crippen molar-refractivity contribution in [3.05, 3.63) is 0 Å². The van der Waals surface area contributed by atoms with E-state index < -0.39 is 0 Å². The molecule has 0 aliphatic heterocycles. The van der Waals surface area contributed by atoms with Crippen molar-refractivity contribution >= 4 is 11.8 Å². The summed E-state index contributed by atoms with van der Waals surface area (Å²) < 4.78 is 0. The van der Waals surface area contributed by atoms with E-state index in [1.165, 1.54) is 0 Å². The quantitative estimate of drug-likeness (QED) is 0.631. The first-order chi connectivity index (χ1) is 5.55. The Bertz CT molecular complexity index is 129. The lowest BCUT2D eigenvalue weighted by atomic mass is 9.92. The number of hydrogen-bond acceptors (Lipinski definition) is 1. The van der Waals surface area contributed by atoms with E-state index in [0.717, 1.165) is 10.5 Å². The zero-order valence-corrected chi connectivity index (χ0v) is 11.4. The first-order valence-electron chi connectivity index (χ1n) is 5.20. The zero-order valence-electron chi connectivity index (χ0n) is 10.6. The molecule has 0 bridgehead atoms. The third-order valence-corrected chi connectivity index (χ3v) is 5.08. The van der Waals surface area contributed by atoms with Gasteiger partial charge >= 0.3 is 0 Å². The van der Waals surface area contributed by atoms with Crippen molar-refractivity contribution < 1.29 is 0 Å². The topological polar surface area (TPSA) is 0 Å². The predicted octanol–water partition coefficient (Wildman–Crippen LogP) is 4.59. The van der Waals surface area contributed by atoms with Crippen LogP contribution in [0.15, 0.2) is 0 Å². The van der Waals surface area contributed by atoms with Crippen LogP contribution >= 0.6 is 11.8 Å². The van der Waals surface area contributed by atoms with Crippen LogP contribution in [0.4, 0.5) is 0 Å². The van der Waals surface area contributed by atoms with Crippen LogP contribution in [0.3, 0.4) is 0 Å². The van der Waals surface area contributed by atoms with Crippen LogP contribution in [-0.2, 0) is 0 Å². The molecule has 2 atom stereocenters. The molecule has 0 radical (unpaired) electrons. The molecule has 0 N–H and O–H groups in total. The lowest BCUT2D eigenvalue weighted by molar-refractivity contribution is 0.389. The molecular formula is C12H26S. The molecule has 0 aromatic carbocycles. The van der Waals surface area contributed by atoms with E-state index in [-0.39, 0.29) is 0 Å². The third-order valence-electron chi connectivity index (χ3n) is 2.85. The van der Waals surface area contributed by atoms with Gasteiger partial charge < -0.3 is 0 Å². The lowest BCUT2D eigenvalue weighted by Crippen LogP contribution is -2.27. The molecule has 0 spiro atoms. The third kappa shape index (κ3) is 4.95. The molecule has 0 saturated carbocycles. The molecule has 0 rings (SSSR count). The van der Waals surface area contributed by atoms with Gasteiger partial charge in [-0.05, 0) is 10.8 Å². The average molecular weight is 202 g/mol. The van der Waals surface area contributed by atoms with Crippen molar-refractivity contribution in [1.29, 1.82) is 0 Å². The van der Waals surface area contributed by atoms with Crippen LogP contribution in [0.1, 0.15) is 55.4 Å². The van der Waals surface area contributed by atoms with Crippen LogP contribution < -0.4 is 0 Å². The number of rotatable bonds is 2. The smallest absolute Gasteiger partial charge is 0.00701 e. The number of thioether (sulfide) groups is 1. The highest BCUT2D eigenvalue weighted by molar-refractivity contribution is 8.00. The van der Waals surface area contributed by atoms with Gasteiger partial charge in [-0.25, -0.2) is 0 Å². The van der Waals surface area contributed by atoms with E-state index in [9.17, 15) is 0 Å². The van der Waals surface area contributed by atoms with E-state index >= 15 is 0 Å². The molecular weight excluding hydrogens is 176 g/mol. The van der Waals surface area contributed by atoms with Crippen molar-refractivity contribution in [2.45, 2.75) is 65.9 Å². The first-order valence-corrected chi connectivity index (χ1v) is 6.15. The number of hydrogen-bond donors (Lipinski definition) is 0. The molecule has 0 aromatic rings. The van der Waals surface area contributed by atoms with Crippen molar-refractivity contribution in [3.8, 4) is 0 Å². The Hall–Kier alpha value is 0.350. The minimum Gasteiger partial charge on any atom is -0.155 e. The summed E-state index contributed by atoms with van der Waals surface area (Å²) in [4.78, 5) is 0. The van der Waals surface area contributed by atoms with E-state index in [2.05, 4.69) is 67.2 Å². The minimum atomic E-state index is 0.421. The zero-order chi connectivity index (χ0) is 10.9. The molecule has 2 unspecified atom stereocenters. The SMILES string of the molecule is CC(SC(C)C(C)(C)C)C(C)(C)C. The summed E-state index contributed by atoms with van der Waals surface area (Å²) in [5.74, 6) is 0. The molecule has 0 heterocycles. The maximum atomic E-state index is 2.34. The van der Waals surface area contributed by atoms with Crippen LogP contribution in [0.25, 0.3) is 0 Å². The van der Waals surface area contributed by atoms with Gasteiger partial charge in [-0.15, -0.1) is 0 Å². The minimum absolute atomic E-state index is 0.421. The summed E-state index contributed by atoms with van der Waals surface area (Å²) >= 11 is 2.11. The van der Waals surface area contributed by atoms with Crippen LogP contribution in [0.2, 0.25) is 0 Å². The second-order valence-corrected chi connectivity index (χ2v) is 7.84. The fourth-order valence-corrected chi connectivity index (χ4v) is 2.14. The molecule has 0 aliphatic rings. The van der Waals surface area contributed by atoms with Gasteiger partial charge in [0.25, 0.3) is 0 Å². The Kier molecular flexibility index (Phi) is 4.36. The van der Waals surface area contributed by atoms with Crippen molar-refractivity contribution in [2.24, 2.45) is 10.8 Å². The molecule has 80 valence electrons. The van der Waals surface area contributed by atoms with E-state index in [1.807, 2.05) is 0 Å². The van der Waals surface area contributed by atoms with Crippen molar-refractivity contribution in [3.63, 3.8) is 0 Å².